The van der Waals surface area contributed by atoms with Crippen molar-refractivity contribution in [2.45, 2.75) is 19.6 Å². The summed E-state index contributed by atoms with van der Waals surface area (Å²) in [5.41, 5.74) is 1.74. The predicted molar refractivity (Wildman–Crippen MR) is 96.4 cm³/mol. The molecule has 6 heteroatoms. The topological polar surface area (TPSA) is 63.6 Å². The number of aryl methyl sites for hydroxylation is 1. The van der Waals surface area contributed by atoms with Crippen molar-refractivity contribution in [1.29, 1.82) is 0 Å². The number of benzene rings is 2. The van der Waals surface area contributed by atoms with Crippen molar-refractivity contribution in [3.05, 3.63) is 76.2 Å². The first-order chi connectivity index (χ1) is 11.3. The van der Waals surface area contributed by atoms with Crippen molar-refractivity contribution < 1.29 is 18.3 Å². The summed E-state index contributed by atoms with van der Waals surface area (Å²) in [6.45, 7) is 3.63. The molecule has 0 aliphatic heterocycles. The molecule has 24 heavy (non-hydrogen) atoms. The van der Waals surface area contributed by atoms with Gasteiger partial charge in [0.1, 0.15) is 0 Å². The summed E-state index contributed by atoms with van der Waals surface area (Å²) < 4.78 is 30.9. The Morgan fingerprint density at radius 2 is 1.75 bits per heavy atom. The molecule has 0 aromatic heterocycles. The van der Waals surface area contributed by atoms with E-state index in [1.807, 2.05) is 0 Å². The first kappa shape index (κ1) is 18.4. The van der Waals surface area contributed by atoms with Gasteiger partial charge in [0.15, 0.2) is 14.7 Å². The molecule has 1 N–H and O–H groups in total. The summed E-state index contributed by atoms with van der Waals surface area (Å²) in [5.74, 6) is -0.842. The highest BCUT2D eigenvalue weighted by atomic mass is 35.5. The van der Waals surface area contributed by atoms with Gasteiger partial charge in [0.2, 0.25) is 0 Å². The van der Waals surface area contributed by atoms with Crippen molar-refractivity contribution in [3.63, 3.8) is 0 Å². The molecule has 0 amide bonds. The van der Waals surface area contributed by atoms with Crippen LogP contribution < -0.4 is 0 Å². The fourth-order valence-electron chi connectivity index (χ4n) is 2.32. The Labute approximate surface area is 147 Å². The van der Waals surface area contributed by atoms with Crippen LogP contribution in [0, 0.1) is 6.92 Å². The van der Waals surface area contributed by atoms with E-state index in [-0.39, 0.29) is 17.3 Å². The van der Waals surface area contributed by atoms with Gasteiger partial charge in [0, 0.05) is 10.6 Å². The fourth-order valence-corrected chi connectivity index (χ4v) is 4.11. The van der Waals surface area contributed by atoms with Crippen molar-refractivity contribution in [1.82, 2.24) is 0 Å². The zero-order chi connectivity index (χ0) is 17.7. The Morgan fingerprint density at radius 3 is 2.33 bits per heavy atom. The van der Waals surface area contributed by atoms with Crippen molar-refractivity contribution in [2.75, 3.05) is 6.61 Å². The SMILES string of the molecule is CCO/C(O)=C(\c1ccccc1C)S(=O)(=O)Cc1ccc(Cl)cc1. The van der Waals surface area contributed by atoms with Gasteiger partial charge in [-0.15, -0.1) is 0 Å². The molecule has 0 saturated heterocycles. The van der Waals surface area contributed by atoms with Gasteiger partial charge in [0.25, 0.3) is 5.95 Å². The predicted octanol–water partition coefficient (Wildman–Crippen LogP) is 4.48. The second-order valence-electron chi connectivity index (χ2n) is 5.27. The number of ether oxygens (including phenoxy) is 1. The van der Waals surface area contributed by atoms with E-state index in [0.717, 1.165) is 5.56 Å². The molecule has 0 heterocycles. The molecule has 2 aromatic rings. The van der Waals surface area contributed by atoms with Crippen molar-refractivity contribution >= 4 is 26.3 Å². The molecular formula is C18H19ClO4S. The molecular weight excluding hydrogens is 348 g/mol. The highest BCUT2D eigenvalue weighted by Crippen LogP contribution is 2.30. The molecule has 0 atom stereocenters. The van der Waals surface area contributed by atoms with Crippen LogP contribution in [0.15, 0.2) is 54.5 Å². The molecule has 0 fully saturated rings. The van der Waals surface area contributed by atoms with Crippen LogP contribution >= 0.6 is 11.6 Å². The number of aliphatic hydroxyl groups is 1. The molecule has 0 unspecified atom stereocenters. The molecule has 0 saturated carbocycles. The number of hydrogen-bond acceptors (Lipinski definition) is 4. The van der Waals surface area contributed by atoms with Gasteiger partial charge >= 0.3 is 0 Å². The standard InChI is InChI=1S/C18H19ClO4S/c1-3-23-18(20)17(16-7-5-4-6-13(16)2)24(21,22)12-14-8-10-15(19)11-9-14/h4-11,20H,3,12H2,1-2H3/b18-17+. The van der Waals surface area contributed by atoms with E-state index in [0.29, 0.717) is 16.1 Å². The fraction of sp³-hybridized carbons (Fsp3) is 0.222. The lowest BCUT2D eigenvalue weighted by Gasteiger charge is -2.14. The van der Waals surface area contributed by atoms with E-state index in [2.05, 4.69) is 0 Å². The van der Waals surface area contributed by atoms with E-state index in [4.69, 9.17) is 16.3 Å². The first-order valence-corrected chi connectivity index (χ1v) is 9.47. The van der Waals surface area contributed by atoms with E-state index in [1.165, 1.54) is 0 Å². The Balaban J connectivity index is 2.52. The third kappa shape index (κ3) is 4.30. The minimum atomic E-state index is -3.82. The van der Waals surface area contributed by atoms with Gasteiger partial charge in [-0.1, -0.05) is 48.0 Å². The van der Waals surface area contributed by atoms with Crippen LogP contribution in [0.3, 0.4) is 0 Å². The summed E-state index contributed by atoms with van der Waals surface area (Å²) >= 11 is 5.84. The number of sulfone groups is 1. The van der Waals surface area contributed by atoms with E-state index >= 15 is 0 Å². The minimum absolute atomic E-state index is 0.164. The largest absolute Gasteiger partial charge is 0.480 e. The summed E-state index contributed by atoms with van der Waals surface area (Å²) in [4.78, 5) is -0.197. The number of aliphatic hydroxyl groups excluding tert-OH is 1. The van der Waals surface area contributed by atoms with Crippen LogP contribution in [0.25, 0.3) is 4.91 Å². The lowest BCUT2D eigenvalue weighted by Crippen LogP contribution is -2.12. The normalized spacial score (nSPS) is 12.6. The van der Waals surface area contributed by atoms with Crippen LogP contribution in [-0.2, 0) is 20.3 Å². The lowest BCUT2D eigenvalue weighted by atomic mass is 10.1. The number of hydrogen-bond donors (Lipinski definition) is 1. The zero-order valence-corrected chi connectivity index (χ0v) is 15.1. The van der Waals surface area contributed by atoms with Crippen molar-refractivity contribution in [2.24, 2.45) is 0 Å². The summed E-state index contributed by atoms with van der Waals surface area (Å²) in [6.07, 6.45) is 0. The molecule has 0 bridgehead atoms. The molecule has 0 aliphatic rings. The van der Waals surface area contributed by atoms with Gasteiger partial charge in [-0.05, 0) is 37.1 Å². The van der Waals surface area contributed by atoms with E-state index in [9.17, 15) is 13.5 Å². The first-order valence-electron chi connectivity index (χ1n) is 7.44. The molecule has 4 nitrogen and oxygen atoms in total. The van der Waals surface area contributed by atoms with Crippen LogP contribution in [0.4, 0.5) is 0 Å². The maximum atomic E-state index is 12.9. The summed E-state index contributed by atoms with van der Waals surface area (Å²) in [6, 6.07) is 13.5. The Morgan fingerprint density at radius 1 is 1.12 bits per heavy atom. The Kier molecular flexibility index (Phi) is 5.91. The van der Waals surface area contributed by atoms with Gasteiger partial charge in [-0.25, -0.2) is 8.42 Å². The number of halogens is 1. The van der Waals surface area contributed by atoms with Crippen LogP contribution in [-0.4, -0.2) is 20.1 Å². The third-order valence-corrected chi connectivity index (χ3v) is 5.43. The average molecular weight is 367 g/mol. The molecule has 0 radical (unpaired) electrons. The van der Waals surface area contributed by atoms with Crippen LogP contribution in [0.2, 0.25) is 5.02 Å². The van der Waals surface area contributed by atoms with Crippen molar-refractivity contribution in [3.8, 4) is 0 Å². The van der Waals surface area contributed by atoms with E-state index in [1.54, 1.807) is 62.4 Å². The third-order valence-electron chi connectivity index (χ3n) is 3.45. The number of rotatable bonds is 6. The van der Waals surface area contributed by atoms with Gasteiger partial charge in [-0.2, -0.15) is 0 Å². The van der Waals surface area contributed by atoms with Crippen LogP contribution in [0.5, 0.6) is 0 Å². The second-order valence-corrected chi connectivity index (χ2v) is 7.63. The Hall–Kier alpha value is -1.98. The van der Waals surface area contributed by atoms with E-state index < -0.39 is 15.8 Å². The van der Waals surface area contributed by atoms with Gasteiger partial charge in [-0.3, -0.25) is 0 Å². The quantitative estimate of drug-likeness (QED) is 0.765. The van der Waals surface area contributed by atoms with Crippen LogP contribution in [0.1, 0.15) is 23.6 Å². The van der Waals surface area contributed by atoms with Gasteiger partial charge in [0.05, 0.1) is 12.4 Å². The summed E-state index contributed by atoms with van der Waals surface area (Å²) in [7, 11) is -3.82. The molecule has 128 valence electrons. The maximum Gasteiger partial charge on any atom is 0.296 e. The smallest absolute Gasteiger partial charge is 0.296 e. The maximum absolute atomic E-state index is 12.9. The molecule has 2 rings (SSSR count). The monoisotopic (exact) mass is 366 g/mol. The lowest BCUT2D eigenvalue weighted by molar-refractivity contribution is 0.106. The highest BCUT2D eigenvalue weighted by molar-refractivity contribution is 7.99. The molecule has 2 aromatic carbocycles. The second kappa shape index (κ2) is 7.73. The Bertz CT molecular complexity index is 840. The minimum Gasteiger partial charge on any atom is -0.480 e. The van der Waals surface area contributed by atoms with Gasteiger partial charge < -0.3 is 9.84 Å². The molecule has 0 aliphatic carbocycles. The molecule has 0 spiro atoms. The zero-order valence-electron chi connectivity index (χ0n) is 13.5. The summed E-state index contributed by atoms with van der Waals surface area (Å²) in [5, 5.41) is 10.7. The highest BCUT2D eigenvalue weighted by Gasteiger charge is 2.27. The average Bonchev–Trinajstić information content (AvgIpc) is 2.51.